The van der Waals surface area contributed by atoms with Gasteiger partial charge in [0.2, 0.25) is 0 Å². The van der Waals surface area contributed by atoms with Crippen molar-refractivity contribution in [2.45, 2.75) is 45.6 Å². The Morgan fingerprint density at radius 2 is 1.47 bits per heavy atom. The van der Waals surface area contributed by atoms with Gasteiger partial charge in [0.25, 0.3) is 0 Å². The quantitative estimate of drug-likeness (QED) is 0.689. The Hall–Kier alpha value is -0.120. The van der Waals surface area contributed by atoms with Gasteiger partial charge in [-0.3, -0.25) is 0 Å². The summed E-state index contributed by atoms with van der Waals surface area (Å²) in [5, 5.41) is 0. The highest BCUT2D eigenvalue weighted by Gasteiger charge is 2.43. The molecule has 0 N–H and O–H groups in total. The van der Waals surface area contributed by atoms with Gasteiger partial charge in [-0.25, -0.2) is 0 Å². The normalized spacial score (nSPS) is 18.2. The van der Waals surface area contributed by atoms with Gasteiger partial charge in [0.15, 0.2) is 0 Å². The van der Waals surface area contributed by atoms with Crippen molar-refractivity contribution in [2.24, 2.45) is 11.3 Å². The molecule has 0 saturated heterocycles. The number of hydrogen-bond acceptors (Lipinski definition) is 3. The maximum Gasteiger partial charge on any atom is 0.0598 e. The van der Waals surface area contributed by atoms with E-state index in [4.69, 9.17) is 14.2 Å². The standard InChI is InChI=1S/C14H28O3/c1-13(2,3)17-11-14(9-15-4,10-16-5)12-7-6-8-12/h12H,6-11H2,1-5H3. The van der Waals surface area contributed by atoms with Crippen molar-refractivity contribution in [1.29, 1.82) is 0 Å². The first-order chi connectivity index (χ1) is 7.93. The van der Waals surface area contributed by atoms with Crippen molar-refractivity contribution in [3.63, 3.8) is 0 Å². The highest BCUT2D eigenvalue weighted by Crippen LogP contribution is 2.43. The molecule has 17 heavy (non-hydrogen) atoms. The van der Waals surface area contributed by atoms with Crippen molar-refractivity contribution < 1.29 is 14.2 Å². The minimum atomic E-state index is -0.101. The Kier molecular flexibility index (Phi) is 5.42. The summed E-state index contributed by atoms with van der Waals surface area (Å²) >= 11 is 0. The molecule has 1 rings (SSSR count). The maximum absolute atomic E-state index is 6.00. The summed E-state index contributed by atoms with van der Waals surface area (Å²) in [6, 6.07) is 0. The molecule has 0 aliphatic heterocycles. The molecule has 0 heterocycles. The smallest absolute Gasteiger partial charge is 0.0598 e. The third kappa shape index (κ3) is 4.23. The van der Waals surface area contributed by atoms with Crippen LogP contribution in [0.25, 0.3) is 0 Å². The predicted molar refractivity (Wildman–Crippen MR) is 69.2 cm³/mol. The average molecular weight is 244 g/mol. The van der Waals surface area contributed by atoms with Gasteiger partial charge in [-0.2, -0.15) is 0 Å². The zero-order valence-electron chi connectivity index (χ0n) is 12.0. The summed E-state index contributed by atoms with van der Waals surface area (Å²) in [5.74, 6) is 0.685. The molecule has 1 aliphatic carbocycles. The summed E-state index contributed by atoms with van der Waals surface area (Å²) in [4.78, 5) is 0. The fourth-order valence-corrected chi connectivity index (χ4v) is 2.43. The van der Waals surface area contributed by atoms with E-state index in [9.17, 15) is 0 Å². The second kappa shape index (κ2) is 6.17. The third-order valence-corrected chi connectivity index (χ3v) is 3.63. The van der Waals surface area contributed by atoms with E-state index in [-0.39, 0.29) is 11.0 Å². The van der Waals surface area contributed by atoms with Crippen LogP contribution in [0.3, 0.4) is 0 Å². The summed E-state index contributed by atoms with van der Waals surface area (Å²) < 4.78 is 16.8. The minimum absolute atomic E-state index is 0.0367. The highest BCUT2D eigenvalue weighted by molar-refractivity contribution is 4.91. The fourth-order valence-electron chi connectivity index (χ4n) is 2.43. The molecular weight excluding hydrogens is 216 g/mol. The van der Waals surface area contributed by atoms with Crippen LogP contribution in [0, 0.1) is 11.3 Å². The Morgan fingerprint density at radius 3 is 1.76 bits per heavy atom. The van der Waals surface area contributed by atoms with Gasteiger partial charge in [-0.15, -0.1) is 0 Å². The van der Waals surface area contributed by atoms with Gasteiger partial charge in [0.1, 0.15) is 0 Å². The van der Waals surface area contributed by atoms with Crippen molar-refractivity contribution in [1.82, 2.24) is 0 Å². The van der Waals surface area contributed by atoms with Crippen LogP contribution in [0.1, 0.15) is 40.0 Å². The van der Waals surface area contributed by atoms with Crippen LogP contribution in [0.15, 0.2) is 0 Å². The molecule has 0 spiro atoms. The lowest BCUT2D eigenvalue weighted by atomic mass is 9.66. The molecule has 1 saturated carbocycles. The maximum atomic E-state index is 6.00. The highest BCUT2D eigenvalue weighted by atomic mass is 16.5. The van der Waals surface area contributed by atoms with Gasteiger partial charge in [-0.05, 0) is 39.5 Å². The second-order valence-electron chi connectivity index (χ2n) is 6.26. The molecule has 3 heteroatoms. The van der Waals surface area contributed by atoms with Gasteiger partial charge < -0.3 is 14.2 Å². The Bertz CT molecular complexity index is 210. The van der Waals surface area contributed by atoms with Crippen LogP contribution < -0.4 is 0 Å². The topological polar surface area (TPSA) is 27.7 Å². The number of ether oxygens (including phenoxy) is 3. The molecule has 0 aromatic heterocycles. The first-order valence-corrected chi connectivity index (χ1v) is 6.55. The van der Waals surface area contributed by atoms with Gasteiger partial charge >= 0.3 is 0 Å². The largest absolute Gasteiger partial charge is 0.384 e. The Balaban J connectivity index is 2.66. The van der Waals surface area contributed by atoms with Crippen molar-refractivity contribution >= 4 is 0 Å². The zero-order chi connectivity index (χ0) is 12.9. The molecule has 0 aromatic rings. The van der Waals surface area contributed by atoms with Crippen molar-refractivity contribution in [3.8, 4) is 0 Å². The third-order valence-electron chi connectivity index (χ3n) is 3.63. The summed E-state index contributed by atoms with van der Waals surface area (Å²) in [6.45, 7) is 8.46. The van der Waals surface area contributed by atoms with Gasteiger partial charge in [0.05, 0.1) is 25.4 Å². The van der Waals surface area contributed by atoms with E-state index < -0.39 is 0 Å². The summed E-state index contributed by atoms with van der Waals surface area (Å²) in [6.07, 6.45) is 3.88. The molecule has 3 nitrogen and oxygen atoms in total. The summed E-state index contributed by atoms with van der Waals surface area (Å²) in [7, 11) is 3.53. The van der Waals surface area contributed by atoms with E-state index >= 15 is 0 Å². The molecule has 102 valence electrons. The van der Waals surface area contributed by atoms with Gasteiger partial charge in [0, 0.05) is 19.6 Å². The molecule has 1 aliphatic rings. The first-order valence-electron chi connectivity index (χ1n) is 6.55. The Morgan fingerprint density at radius 1 is 0.941 bits per heavy atom. The van der Waals surface area contributed by atoms with Crippen LogP contribution in [0.2, 0.25) is 0 Å². The predicted octanol–water partition coefficient (Wildman–Crippen LogP) is 2.88. The number of rotatable bonds is 7. The van der Waals surface area contributed by atoms with Crippen LogP contribution in [-0.4, -0.2) is 39.6 Å². The fraction of sp³-hybridized carbons (Fsp3) is 1.00. The first kappa shape index (κ1) is 14.9. The molecular formula is C14H28O3. The monoisotopic (exact) mass is 244 g/mol. The number of hydrogen-bond donors (Lipinski definition) is 0. The van der Waals surface area contributed by atoms with E-state index in [0.29, 0.717) is 5.92 Å². The number of methoxy groups -OCH3 is 2. The van der Waals surface area contributed by atoms with Crippen molar-refractivity contribution in [2.75, 3.05) is 34.0 Å². The van der Waals surface area contributed by atoms with Crippen LogP contribution in [-0.2, 0) is 14.2 Å². The molecule has 0 amide bonds. The lowest BCUT2D eigenvalue weighted by Gasteiger charge is -2.45. The van der Waals surface area contributed by atoms with Crippen LogP contribution in [0.4, 0.5) is 0 Å². The van der Waals surface area contributed by atoms with E-state index in [1.807, 2.05) is 0 Å². The van der Waals surface area contributed by atoms with Crippen molar-refractivity contribution in [3.05, 3.63) is 0 Å². The van der Waals surface area contributed by atoms with E-state index in [1.165, 1.54) is 19.3 Å². The molecule has 0 radical (unpaired) electrons. The van der Waals surface area contributed by atoms with Crippen LogP contribution >= 0.6 is 0 Å². The van der Waals surface area contributed by atoms with Gasteiger partial charge in [-0.1, -0.05) is 6.42 Å². The average Bonchev–Trinajstić information content (AvgIpc) is 2.11. The molecule has 0 bridgehead atoms. The summed E-state index contributed by atoms with van der Waals surface area (Å²) in [5.41, 5.74) is -0.0640. The van der Waals surface area contributed by atoms with Crippen LogP contribution in [0.5, 0.6) is 0 Å². The second-order valence-corrected chi connectivity index (χ2v) is 6.26. The minimum Gasteiger partial charge on any atom is -0.384 e. The molecule has 0 unspecified atom stereocenters. The lowest BCUT2D eigenvalue weighted by Crippen LogP contribution is -2.47. The van der Waals surface area contributed by atoms with E-state index in [1.54, 1.807) is 14.2 Å². The lowest BCUT2D eigenvalue weighted by molar-refractivity contribution is -0.133. The zero-order valence-corrected chi connectivity index (χ0v) is 12.0. The molecule has 1 fully saturated rings. The molecule has 0 atom stereocenters. The van der Waals surface area contributed by atoms with E-state index in [0.717, 1.165) is 19.8 Å². The molecule has 0 aromatic carbocycles. The van der Waals surface area contributed by atoms with E-state index in [2.05, 4.69) is 20.8 Å². The Labute approximate surface area is 106 Å². The SMILES string of the molecule is COCC(COC)(COC(C)(C)C)C1CCC1.